The fourth-order valence-corrected chi connectivity index (χ4v) is 2.12. The van der Waals surface area contributed by atoms with Crippen molar-refractivity contribution in [3.8, 4) is 0 Å². The van der Waals surface area contributed by atoms with Gasteiger partial charge in [0.05, 0.1) is 12.0 Å². The summed E-state index contributed by atoms with van der Waals surface area (Å²) in [7, 11) is 1.99. The number of ether oxygens (including phenoxy) is 1. The molecule has 0 saturated carbocycles. The Kier molecular flexibility index (Phi) is 4.11. The average Bonchev–Trinajstić information content (AvgIpc) is 2.60. The van der Waals surface area contributed by atoms with Crippen LogP contribution in [-0.4, -0.2) is 47.8 Å². The molecule has 1 aliphatic heterocycles. The Hall–Kier alpha value is -0.610. The maximum absolute atomic E-state index is 10.9. The Morgan fingerprint density at radius 3 is 2.53 bits per heavy atom. The van der Waals surface area contributed by atoms with Crippen LogP contribution in [0.15, 0.2) is 0 Å². The summed E-state index contributed by atoms with van der Waals surface area (Å²) >= 11 is 0. The number of aliphatic carboxylic acids is 1. The lowest BCUT2D eigenvalue weighted by Gasteiger charge is -2.34. The molecule has 0 aromatic rings. The fraction of sp³-hybridized carbons (Fsp3) is 0.909. The largest absolute Gasteiger partial charge is 0.481 e. The predicted molar refractivity (Wildman–Crippen MR) is 57.8 cm³/mol. The topological polar surface area (TPSA) is 49.8 Å². The Balaban J connectivity index is 2.58. The minimum absolute atomic E-state index is 0.0386. The van der Waals surface area contributed by atoms with E-state index in [1.807, 2.05) is 20.9 Å². The SMILES string of the molecule is CC1OCCC1N(C)C(C)C(C)C(=O)O. The molecule has 1 aliphatic rings. The van der Waals surface area contributed by atoms with Gasteiger partial charge in [-0.2, -0.15) is 0 Å². The van der Waals surface area contributed by atoms with E-state index >= 15 is 0 Å². The zero-order chi connectivity index (χ0) is 11.6. The Morgan fingerprint density at radius 1 is 1.53 bits per heavy atom. The van der Waals surface area contributed by atoms with Crippen LogP contribution in [0.1, 0.15) is 27.2 Å². The van der Waals surface area contributed by atoms with Gasteiger partial charge in [0.1, 0.15) is 0 Å². The van der Waals surface area contributed by atoms with Crippen LogP contribution in [-0.2, 0) is 9.53 Å². The van der Waals surface area contributed by atoms with E-state index in [9.17, 15) is 4.79 Å². The number of carboxylic acid groups (broad SMARTS) is 1. The van der Waals surface area contributed by atoms with Crippen molar-refractivity contribution < 1.29 is 14.6 Å². The maximum atomic E-state index is 10.9. The summed E-state index contributed by atoms with van der Waals surface area (Å²) in [6.07, 6.45) is 1.20. The van der Waals surface area contributed by atoms with Crippen molar-refractivity contribution in [3.63, 3.8) is 0 Å². The van der Waals surface area contributed by atoms with Gasteiger partial charge in [-0.05, 0) is 27.3 Å². The van der Waals surface area contributed by atoms with E-state index < -0.39 is 5.97 Å². The smallest absolute Gasteiger partial charge is 0.307 e. The van der Waals surface area contributed by atoms with E-state index in [4.69, 9.17) is 9.84 Å². The third-order valence-electron chi connectivity index (χ3n) is 3.61. The molecule has 0 aromatic heterocycles. The van der Waals surface area contributed by atoms with Crippen LogP contribution in [0, 0.1) is 5.92 Å². The Bertz CT molecular complexity index is 232. The summed E-state index contributed by atoms with van der Waals surface area (Å²) in [5.74, 6) is -1.08. The van der Waals surface area contributed by atoms with Gasteiger partial charge in [-0.3, -0.25) is 9.69 Å². The van der Waals surface area contributed by atoms with Gasteiger partial charge in [-0.1, -0.05) is 6.92 Å². The molecule has 4 atom stereocenters. The predicted octanol–water partition coefficient (Wildman–Crippen LogP) is 1.20. The maximum Gasteiger partial charge on any atom is 0.307 e. The highest BCUT2D eigenvalue weighted by Gasteiger charge is 2.33. The molecule has 4 nitrogen and oxygen atoms in total. The van der Waals surface area contributed by atoms with Crippen molar-refractivity contribution >= 4 is 5.97 Å². The molecule has 1 N–H and O–H groups in total. The second-order valence-electron chi connectivity index (χ2n) is 4.46. The molecule has 0 aromatic carbocycles. The van der Waals surface area contributed by atoms with E-state index in [2.05, 4.69) is 4.90 Å². The highest BCUT2D eigenvalue weighted by atomic mass is 16.5. The van der Waals surface area contributed by atoms with Crippen LogP contribution in [0.25, 0.3) is 0 Å². The van der Waals surface area contributed by atoms with E-state index in [-0.39, 0.29) is 18.1 Å². The van der Waals surface area contributed by atoms with E-state index in [1.165, 1.54) is 0 Å². The molecule has 0 bridgehead atoms. The second-order valence-corrected chi connectivity index (χ2v) is 4.46. The zero-order valence-electron chi connectivity index (χ0n) is 9.93. The molecule has 4 unspecified atom stereocenters. The molecule has 1 rings (SSSR count). The van der Waals surface area contributed by atoms with Gasteiger partial charge in [0.15, 0.2) is 0 Å². The minimum atomic E-state index is -0.735. The molecule has 15 heavy (non-hydrogen) atoms. The lowest BCUT2D eigenvalue weighted by molar-refractivity contribution is -0.143. The zero-order valence-corrected chi connectivity index (χ0v) is 9.93. The summed E-state index contributed by atoms with van der Waals surface area (Å²) in [4.78, 5) is 13.0. The third-order valence-corrected chi connectivity index (χ3v) is 3.61. The molecule has 0 radical (unpaired) electrons. The highest BCUT2D eigenvalue weighted by Crippen LogP contribution is 2.22. The first-order valence-electron chi connectivity index (χ1n) is 5.51. The normalized spacial score (nSPS) is 30.5. The summed E-state index contributed by atoms with van der Waals surface area (Å²) in [5, 5.41) is 8.95. The van der Waals surface area contributed by atoms with Crippen LogP contribution in [0.5, 0.6) is 0 Å². The Labute approximate surface area is 91.2 Å². The van der Waals surface area contributed by atoms with Crippen LogP contribution in [0.4, 0.5) is 0 Å². The van der Waals surface area contributed by atoms with Gasteiger partial charge in [0, 0.05) is 18.7 Å². The number of likely N-dealkylation sites (N-methyl/N-ethyl adjacent to an activating group) is 1. The van der Waals surface area contributed by atoms with Gasteiger partial charge in [0.25, 0.3) is 0 Å². The molecular formula is C11H21NO3. The van der Waals surface area contributed by atoms with E-state index in [0.29, 0.717) is 6.04 Å². The lowest BCUT2D eigenvalue weighted by Crippen LogP contribution is -2.46. The highest BCUT2D eigenvalue weighted by molar-refractivity contribution is 5.70. The molecule has 1 saturated heterocycles. The number of hydrogen-bond acceptors (Lipinski definition) is 3. The summed E-state index contributed by atoms with van der Waals surface area (Å²) in [6, 6.07) is 0.387. The first kappa shape index (κ1) is 12.5. The second kappa shape index (κ2) is 4.94. The molecule has 0 aliphatic carbocycles. The van der Waals surface area contributed by atoms with Gasteiger partial charge < -0.3 is 9.84 Å². The van der Waals surface area contributed by atoms with Crippen molar-refractivity contribution in [1.82, 2.24) is 4.90 Å². The van der Waals surface area contributed by atoms with Gasteiger partial charge in [0.2, 0.25) is 0 Å². The van der Waals surface area contributed by atoms with Crippen molar-refractivity contribution in [2.45, 2.75) is 45.4 Å². The van der Waals surface area contributed by atoms with Gasteiger partial charge in [-0.25, -0.2) is 0 Å². The van der Waals surface area contributed by atoms with Crippen molar-refractivity contribution in [3.05, 3.63) is 0 Å². The monoisotopic (exact) mass is 215 g/mol. The van der Waals surface area contributed by atoms with Crippen LogP contribution < -0.4 is 0 Å². The molecular weight excluding hydrogens is 194 g/mol. The Morgan fingerprint density at radius 2 is 2.13 bits per heavy atom. The molecule has 0 amide bonds. The number of nitrogens with zero attached hydrogens (tertiary/aromatic N) is 1. The van der Waals surface area contributed by atoms with E-state index in [1.54, 1.807) is 6.92 Å². The molecule has 0 spiro atoms. The van der Waals surface area contributed by atoms with E-state index in [0.717, 1.165) is 13.0 Å². The molecule has 88 valence electrons. The molecule has 4 heteroatoms. The van der Waals surface area contributed by atoms with Crippen LogP contribution in [0.2, 0.25) is 0 Å². The van der Waals surface area contributed by atoms with Gasteiger partial charge >= 0.3 is 5.97 Å². The number of rotatable bonds is 4. The van der Waals surface area contributed by atoms with Gasteiger partial charge in [-0.15, -0.1) is 0 Å². The summed E-state index contributed by atoms with van der Waals surface area (Å²) in [6.45, 7) is 6.55. The van der Waals surface area contributed by atoms with Crippen LogP contribution in [0.3, 0.4) is 0 Å². The number of carbonyl (C=O) groups is 1. The third kappa shape index (κ3) is 2.69. The van der Waals surface area contributed by atoms with Crippen molar-refractivity contribution in [1.29, 1.82) is 0 Å². The lowest BCUT2D eigenvalue weighted by atomic mass is 9.99. The summed E-state index contributed by atoms with van der Waals surface area (Å²) in [5.41, 5.74) is 0. The minimum Gasteiger partial charge on any atom is -0.481 e. The first-order valence-corrected chi connectivity index (χ1v) is 5.51. The van der Waals surface area contributed by atoms with Crippen molar-refractivity contribution in [2.24, 2.45) is 5.92 Å². The standard InChI is InChI=1S/C11H21NO3/c1-7(11(13)14)8(2)12(4)10-5-6-15-9(10)3/h7-10H,5-6H2,1-4H3,(H,13,14). The van der Waals surface area contributed by atoms with Crippen molar-refractivity contribution in [2.75, 3.05) is 13.7 Å². The van der Waals surface area contributed by atoms with Crippen LogP contribution >= 0.6 is 0 Å². The first-order chi connectivity index (χ1) is 6.95. The summed E-state index contributed by atoms with van der Waals surface area (Å²) < 4.78 is 5.49. The molecule has 1 heterocycles. The number of hydrogen-bond donors (Lipinski definition) is 1. The average molecular weight is 215 g/mol. The fourth-order valence-electron chi connectivity index (χ4n) is 2.12. The molecule has 1 fully saturated rings. The number of carboxylic acids is 1. The quantitative estimate of drug-likeness (QED) is 0.765.